The molecule has 0 bridgehead atoms. The smallest absolute Gasteiger partial charge is 0.421 e. The molecule has 1 aromatic heterocycles. The van der Waals surface area contributed by atoms with Crippen LogP contribution in [-0.4, -0.2) is 23.7 Å². The minimum atomic E-state index is -4.67. The Kier molecular flexibility index (Phi) is 4.54. The average Bonchev–Trinajstić information content (AvgIpc) is 2.60. The van der Waals surface area contributed by atoms with E-state index in [1.165, 1.54) is 6.08 Å². The molecule has 0 radical (unpaired) electrons. The summed E-state index contributed by atoms with van der Waals surface area (Å²) in [6, 6.07) is 1.80. The predicted octanol–water partition coefficient (Wildman–Crippen LogP) is 3.75. The van der Waals surface area contributed by atoms with Crippen molar-refractivity contribution in [2.24, 2.45) is 0 Å². The summed E-state index contributed by atoms with van der Waals surface area (Å²) in [5, 5.41) is 0. The van der Waals surface area contributed by atoms with Crippen molar-refractivity contribution in [1.82, 2.24) is 4.98 Å². The summed E-state index contributed by atoms with van der Waals surface area (Å²) < 4.78 is 71.1. The quantitative estimate of drug-likeness (QED) is 0.747. The number of rotatable bonds is 3. The normalized spacial score (nSPS) is 17.3. The summed E-state index contributed by atoms with van der Waals surface area (Å²) in [5.74, 6) is -5.27. The van der Waals surface area contributed by atoms with Crippen LogP contribution in [0.3, 0.4) is 0 Å². The van der Waals surface area contributed by atoms with Crippen molar-refractivity contribution in [1.29, 1.82) is 0 Å². The second kappa shape index (κ2) is 6.57. The topological polar surface area (TPSA) is 56.3 Å². The maximum absolute atomic E-state index is 14.0. The van der Waals surface area contributed by atoms with E-state index in [1.54, 1.807) is 0 Å². The molecule has 27 heavy (non-hydrogen) atoms. The number of hydrogen-bond donors (Lipinski definition) is 0. The van der Waals surface area contributed by atoms with Gasteiger partial charge in [-0.05, 0) is 12.1 Å². The first-order chi connectivity index (χ1) is 12.6. The van der Waals surface area contributed by atoms with Crippen LogP contribution in [0.15, 0.2) is 58.7 Å². The molecule has 1 aromatic rings. The highest BCUT2D eigenvalue weighted by molar-refractivity contribution is 6.21. The molecular weight excluding hydrogens is 373 g/mol. The van der Waals surface area contributed by atoms with Gasteiger partial charge in [-0.2, -0.15) is 13.2 Å². The molecule has 9 heteroatoms. The average molecular weight is 383 g/mol. The summed E-state index contributed by atoms with van der Waals surface area (Å²) >= 11 is 0. The summed E-state index contributed by atoms with van der Waals surface area (Å²) in [6.45, 7) is 0. The second-order valence-electron chi connectivity index (χ2n) is 5.68. The molecule has 0 amide bonds. The number of ketones is 2. The van der Waals surface area contributed by atoms with Crippen LogP contribution >= 0.6 is 0 Å². The van der Waals surface area contributed by atoms with E-state index in [-0.39, 0.29) is 23.3 Å². The van der Waals surface area contributed by atoms with E-state index in [2.05, 4.69) is 9.72 Å². The minimum Gasteiger partial charge on any atom is -0.481 e. The predicted molar refractivity (Wildman–Crippen MR) is 83.0 cm³/mol. The van der Waals surface area contributed by atoms with E-state index in [0.29, 0.717) is 6.08 Å². The number of nitrogens with zero attached hydrogens (tertiary/aromatic N) is 1. The zero-order valence-electron chi connectivity index (χ0n) is 13.7. The van der Waals surface area contributed by atoms with Gasteiger partial charge in [0.05, 0.1) is 12.7 Å². The molecule has 0 fully saturated rings. The van der Waals surface area contributed by atoms with Crippen LogP contribution in [-0.2, 0) is 22.2 Å². The largest absolute Gasteiger partial charge is 0.481 e. The molecule has 140 valence electrons. The highest BCUT2D eigenvalue weighted by atomic mass is 19.4. The van der Waals surface area contributed by atoms with Gasteiger partial charge in [-0.15, -0.1) is 0 Å². The maximum atomic E-state index is 14.0. The van der Waals surface area contributed by atoms with Crippen molar-refractivity contribution < 1.29 is 36.3 Å². The summed E-state index contributed by atoms with van der Waals surface area (Å²) in [7, 11) is 1.02. The number of Topliss-reactive ketones (excluding diaryl/α,β-unsaturated/α-hetero) is 1. The van der Waals surface area contributed by atoms with E-state index >= 15 is 0 Å². The summed E-state index contributed by atoms with van der Waals surface area (Å²) in [5.41, 5.74) is -2.13. The number of aromatic nitrogens is 1. The number of ether oxygens (including phenoxy) is 1. The highest BCUT2D eigenvalue weighted by Gasteiger charge is 2.36. The Labute approximate surface area is 149 Å². The number of fused-ring (bicyclic) bond motifs is 1. The van der Waals surface area contributed by atoms with Crippen molar-refractivity contribution in [3.05, 3.63) is 70.0 Å². The fourth-order valence-corrected chi connectivity index (χ4v) is 2.71. The zero-order chi connectivity index (χ0) is 19.9. The molecule has 0 aromatic carbocycles. The molecule has 0 saturated carbocycles. The molecular formula is C18H10F5NO3. The van der Waals surface area contributed by atoms with E-state index < -0.39 is 46.4 Å². The van der Waals surface area contributed by atoms with E-state index in [0.717, 1.165) is 25.3 Å². The molecule has 3 rings (SSSR count). The first-order valence-electron chi connectivity index (χ1n) is 7.52. The Morgan fingerprint density at radius 2 is 1.81 bits per heavy atom. The summed E-state index contributed by atoms with van der Waals surface area (Å²) in [6.07, 6.45) is -2.14. The number of alkyl halides is 3. The van der Waals surface area contributed by atoms with Crippen LogP contribution in [0.25, 0.3) is 0 Å². The zero-order valence-corrected chi connectivity index (χ0v) is 13.7. The van der Waals surface area contributed by atoms with Crippen molar-refractivity contribution in [3.63, 3.8) is 0 Å². The van der Waals surface area contributed by atoms with Crippen LogP contribution in [0, 0.1) is 0 Å². The molecule has 2 aliphatic rings. The lowest BCUT2D eigenvalue weighted by Gasteiger charge is -2.19. The van der Waals surface area contributed by atoms with Gasteiger partial charge in [-0.1, -0.05) is 12.2 Å². The molecule has 1 heterocycles. The van der Waals surface area contributed by atoms with Crippen LogP contribution < -0.4 is 4.74 Å². The van der Waals surface area contributed by atoms with Crippen molar-refractivity contribution in [3.8, 4) is 5.88 Å². The lowest BCUT2D eigenvalue weighted by molar-refractivity contribution is -0.139. The van der Waals surface area contributed by atoms with Gasteiger partial charge in [0.25, 0.3) is 0 Å². The fourth-order valence-electron chi connectivity index (χ4n) is 2.71. The van der Waals surface area contributed by atoms with E-state index in [9.17, 15) is 31.5 Å². The second-order valence-corrected chi connectivity index (χ2v) is 5.68. The van der Waals surface area contributed by atoms with Gasteiger partial charge in [-0.3, -0.25) is 9.59 Å². The van der Waals surface area contributed by atoms with Gasteiger partial charge in [0.1, 0.15) is 11.4 Å². The van der Waals surface area contributed by atoms with Gasteiger partial charge in [0, 0.05) is 29.3 Å². The Morgan fingerprint density at radius 3 is 2.44 bits per heavy atom. The number of halogens is 5. The first kappa shape index (κ1) is 18.7. The Hall–Kier alpha value is -3.10. The number of allylic oxidation sites excluding steroid dienone is 8. The van der Waals surface area contributed by atoms with Gasteiger partial charge in [-0.25, -0.2) is 13.8 Å². The Bertz CT molecular complexity index is 983. The number of methoxy groups -OCH3 is 1. The van der Waals surface area contributed by atoms with Crippen molar-refractivity contribution in [2.75, 3.05) is 7.11 Å². The lowest BCUT2D eigenvalue weighted by Crippen LogP contribution is -2.21. The van der Waals surface area contributed by atoms with E-state index in [1.807, 2.05) is 0 Å². The molecule has 0 unspecified atom stereocenters. The van der Waals surface area contributed by atoms with Gasteiger partial charge < -0.3 is 4.74 Å². The molecule has 4 nitrogen and oxygen atoms in total. The molecule has 0 saturated heterocycles. The fraction of sp³-hybridized carbons (Fsp3) is 0.167. The first-order valence-corrected chi connectivity index (χ1v) is 7.52. The van der Waals surface area contributed by atoms with Crippen LogP contribution in [0.4, 0.5) is 22.0 Å². The van der Waals surface area contributed by atoms with Gasteiger partial charge in [0.2, 0.25) is 11.7 Å². The Balaban J connectivity index is 1.97. The third-order valence-electron chi connectivity index (χ3n) is 3.98. The monoisotopic (exact) mass is 383 g/mol. The maximum Gasteiger partial charge on any atom is 0.421 e. The molecule has 0 atom stereocenters. The SMILES string of the molecule is COc1nc(CC2=CC=C3C(F)=CC(=O)C(F)=C3C2=O)ccc1C(F)(F)F. The number of hydrogen-bond acceptors (Lipinski definition) is 4. The highest BCUT2D eigenvalue weighted by Crippen LogP contribution is 2.37. The van der Waals surface area contributed by atoms with Crippen molar-refractivity contribution in [2.45, 2.75) is 12.6 Å². The third-order valence-corrected chi connectivity index (χ3v) is 3.98. The molecule has 2 aliphatic carbocycles. The van der Waals surface area contributed by atoms with Crippen LogP contribution in [0.2, 0.25) is 0 Å². The number of pyridine rings is 1. The minimum absolute atomic E-state index is 0.0514. The number of carbonyl (C=O) groups is 2. The number of carbonyl (C=O) groups excluding carboxylic acids is 2. The van der Waals surface area contributed by atoms with Crippen molar-refractivity contribution >= 4 is 11.6 Å². The van der Waals surface area contributed by atoms with Gasteiger partial charge in [0.15, 0.2) is 11.6 Å². The standard InChI is InChI=1S/C18H10F5NO3/c1-27-17-11(18(21,22)23)5-3-9(24-17)6-8-2-4-10-12(19)7-13(25)15(20)14(10)16(8)26/h2-5,7H,6H2,1H3. The molecule has 0 aliphatic heterocycles. The van der Waals surface area contributed by atoms with Crippen LogP contribution in [0.1, 0.15) is 11.3 Å². The van der Waals surface area contributed by atoms with E-state index in [4.69, 9.17) is 0 Å². The Morgan fingerprint density at radius 1 is 1.11 bits per heavy atom. The summed E-state index contributed by atoms with van der Waals surface area (Å²) in [4.78, 5) is 27.6. The third kappa shape index (κ3) is 3.32. The lowest BCUT2D eigenvalue weighted by atomic mass is 9.84. The molecule has 0 spiro atoms. The van der Waals surface area contributed by atoms with Gasteiger partial charge >= 0.3 is 6.18 Å². The molecule has 0 N–H and O–H groups in total. The van der Waals surface area contributed by atoms with Crippen LogP contribution in [0.5, 0.6) is 5.88 Å².